The maximum Gasteiger partial charge on any atom is 0.338 e. The quantitative estimate of drug-likeness (QED) is 0.499. The number of rotatable bonds is 1. The third kappa shape index (κ3) is 1.95. The molecule has 0 atom stereocenters. The standard InChI is InChI=1S/C8H8ClNO2/c1-5-3-6(8(11)12-2)4-7(9)10-5/h3-4H,1-2H3/i1D3. The highest BCUT2D eigenvalue weighted by Crippen LogP contribution is 2.10. The number of hydrogen-bond acceptors (Lipinski definition) is 3. The highest BCUT2D eigenvalue weighted by molar-refractivity contribution is 6.29. The van der Waals surface area contributed by atoms with Crippen molar-refractivity contribution in [2.45, 2.75) is 6.85 Å². The lowest BCUT2D eigenvalue weighted by molar-refractivity contribution is 0.0600. The second-order valence-electron chi connectivity index (χ2n) is 2.06. The van der Waals surface area contributed by atoms with Gasteiger partial charge >= 0.3 is 5.97 Å². The van der Waals surface area contributed by atoms with Gasteiger partial charge in [-0.15, -0.1) is 0 Å². The lowest BCUT2D eigenvalue weighted by Gasteiger charge is -2.00. The molecule has 0 saturated heterocycles. The topological polar surface area (TPSA) is 39.2 Å². The summed E-state index contributed by atoms with van der Waals surface area (Å²) >= 11 is 5.59. The van der Waals surface area contributed by atoms with E-state index in [1.807, 2.05) is 0 Å². The van der Waals surface area contributed by atoms with Gasteiger partial charge in [0.05, 0.1) is 12.7 Å². The van der Waals surface area contributed by atoms with Crippen LogP contribution >= 0.6 is 11.6 Å². The first kappa shape index (κ1) is 5.54. The van der Waals surface area contributed by atoms with E-state index in [-0.39, 0.29) is 16.4 Å². The Bertz CT molecular complexity index is 392. The Labute approximate surface area is 79.5 Å². The number of esters is 1. The molecule has 0 unspecified atom stereocenters. The molecule has 0 fully saturated rings. The number of nitrogens with zero attached hydrogens (tertiary/aromatic N) is 1. The van der Waals surface area contributed by atoms with E-state index < -0.39 is 12.8 Å². The smallest absolute Gasteiger partial charge is 0.338 e. The van der Waals surface area contributed by atoms with Crippen molar-refractivity contribution in [2.24, 2.45) is 0 Å². The van der Waals surface area contributed by atoms with Gasteiger partial charge < -0.3 is 4.74 Å². The number of carbonyl (C=O) groups excluding carboxylic acids is 1. The second-order valence-corrected chi connectivity index (χ2v) is 2.44. The summed E-state index contributed by atoms with van der Waals surface area (Å²) in [4.78, 5) is 14.8. The maximum atomic E-state index is 11.2. The Morgan fingerprint density at radius 1 is 1.75 bits per heavy atom. The SMILES string of the molecule is [2H]C([2H])([2H])c1cc(C(=O)OC)cc(Cl)n1. The van der Waals surface area contributed by atoms with Crippen molar-refractivity contribution in [3.05, 3.63) is 28.5 Å². The minimum atomic E-state index is -2.40. The summed E-state index contributed by atoms with van der Waals surface area (Å²) in [5, 5.41) is -0.0518. The maximum absolute atomic E-state index is 11.2. The molecular weight excluding hydrogens is 178 g/mol. The number of pyridine rings is 1. The van der Waals surface area contributed by atoms with Crippen molar-refractivity contribution in [2.75, 3.05) is 7.11 Å². The molecule has 12 heavy (non-hydrogen) atoms. The Hall–Kier alpha value is -1.09. The minimum absolute atomic E-state index is 0.0518. The van der Waals surface area contributed by atoms with E-state index in [1.54, 1.807) is 0 Å². The van der Waals surface area contributed by atoms with Crippen LogP contribution in [-0.4, -0.2) is 18.1 Å². The van der Waals surface area contributed by atoms with E-state index in [0.29, 0.717) is 0 Å². The van der Waals surface area contributed by atoms with Crippen molar-refractivity contribution in [1.82, 2.24) is 4.98 Å². The average Bonchev–Trinajstić information content (AvgIpc) is 2.14. The van der Waals surface area contributed by atoms with Crippen LogP contribution in [0.5, 0.6) is 0 Å². The highest BCUT2D eigenvalue weighted by atomic mass is 35.5. The molecule has 0 N–H and O–H groups in total. The van der Waals surface area contributed by atoms with Crippen LogP contribution in [0.3, 0.4) is 0 Å². The van der Waals surface area contributed by atoms with Crippen LogP contribution in [0.25, 0.3) is 0 Å². The van der Waals surface area contributed by atoms with Crippen LogP contribution in [0.2, 0.25) is 5.15 Å². The van der Waals surface area contributed by atoms with E-state index >= 15 is 0 Å². The number of ether oxygens (including phenoxy) is 1. The van der Waals surface area contributed by atoms with E-state index in [2.05, 4.69) is 9.72 Å². The van der Waals surface area contributed by atoms with Gasteiger partial charge in [0.15, 0.2) is 0 Å². The van der Waals surface area contributed by atoms with Gasteiger partial charge in [-0.2, -0.15) is 0 Å². The third-order valence-electron chi connectivity index (χ3n) is 1.22. The molecule has 1 aromatic rings. The molecule has 0 aromatic carbocycles. The van der Waals surface area contributed by atoms with Crippen molar-refractivity contribution in [3.8, 4) is 0 Å². The van der Waals surface area contributed by atoms with Crippen LogP contribution in [-0.2, 0) is 4.74 Å². The summed E-state index contributed by atoms with van der Waals surface area (Å²) in [6.45, 7) is -2.40. The van der Waals surface area contributed by atoms with E-state index in [4.69, 9.17) is 15.7 Å². The molecule has 0 saturated carbocycles. The van der Waals surface area contributed by atoms with Crippen molar-refractivity contribution < 1.29 is 13.6 Å². The zero-order chi connectivity index (χ0) is 11.6. The van der Waals surface area contributed by atoms with Gasteiger partial charge in [-0.3, -0.25) is 0 Å². The molecule has 0 spiro atoms. The number of aryl methyl sites for hydroxylation is 1. The Kier molecular flexibility index (Phi) is 1.63. The lowest BCUT2D eigenvalue weighted by Crippen LogP contribution is -2.02. The van der Waals surface area contributed by atoms with Crippen LogP contribution in [0, 0.1) is 6.85 Å². The molecule has 0 amide bonds. The third-order valence-corrected chi connectivity index (χ3v) is 1.41. The first-order chi connectivity index (χ1) is 6.84. The zero-order valence-electron chi connectivity index (χ0n) is 9.30. The fraction of sp³-hybridized carbons (Fsp3) is 0.250. The van der Waals surface area contributed by atoms with Crippen LogP contribution in [0.1, 0.15) is 20.2 Å². The molecule has 1 rings (SSSR count). The normalized spacial score (nSPS) is 14.3. The van der Waals surface area contributed by atoms with Gasteiger partial charge in [-0.1, -0.05) is 11.6 Å². The molecule has 4 heteroatoms. The van der Waals surface area contributed by atoms with Gasteiger partial charge in [-0.05, 0) is 19.0 Å². The van der Waals surface area contributed by atoms with Crippen LogP contribution in [0.15, 0.2) is 12.1 Å². The van der Waals surface area contributed by atoms with Crippen molar-refractivity contribution in [1.29, 1.82) is 0 Å². The molecule has 0 aliphatic heterocycles. The molecule has 0 bridgehead atoms. The van der Waals surface area contributed by atoms with Crippen LogP contribution < -0.4 is 0 Å². The monoisotopic (exact) mass is 188 g/mol. The number of halogens is 1. The number of aromatic nitrogens is 1. The lowest BCUT2D eigenvalue weighted by atomic mass is 10.2. The minimum Gasteiger partial charge on any atom is -0.465 e. The van der Waals surface area contributed by atoms with Gasteiger partial charge in [0.25, 0.3) is 0 Å². The Balaban J connectivity index is 3.23. The highest BCUT2D eigenvalue weighted by Gasteiger charge is 2.06. The summed E-state index contributed by atoms with van der Waals surface area (Å²) in [7, 11) is 1.20. The fourth-order valence-electron chi connectivity index (χ4n) is 0.733. The zero-order valence-corrected chi connectivity index (χ0v) is 7.05. The van der Waals surface area contributed by atoms with Gasteiger partial charge in [0, 0.05) is 9.81 Å². The van der Waals surface area contributed by atoms with E-state index in [0.717, 1.165) is 6.07 Å². The van der Waals surface area contributed by atoms with Gasteiger partial charge in [0.2, 0.25) is 0 Å². The van der Waals surface area contributed by atoms with Gasteiger partial charge in [-0.25, -0.2) is 9.78 Å². The molecular formula is C8H8ClNO2. The molecule has 1 heterocycles. The molecule has 64 valence electrons. The molecule has 0 aliphatic rings. The van der Waals surface area contributed by atoms with E-state index in [9.17, 15) is 4.79 Å². The van der Waals surface area contributed by atoms with Crippen molar-refractivity contribution in [3.63, 3.8) is 0 Å². The Morgan fingerprint density at radius 2 is 2.50 bits per heavy atom. The predicted molar refractivity (Wildman–Crippen MR) is 45.3 cm³/mol. The summed E-state index contributed by atoms with van der Waals surface area (Å²) in [5.74, 6) is -0.648. The second kappa shape index (κ2) is 3.54. The van der Waals surface area contributed by atoms with Crippen molar-refractivity contribution >= 4 is 17.6 Å². The number of methoxy groups -OCH3 is 1. The molecule has 1 aromatic heterocycles. The fourth-order valence-corrected chi connectivity index (χ4v) is 0.941. The summed E-state index contributed by atoms with van der Waals surface area (Å²) in [6.07, 6.45) is 0. The Morgan fingerprint density at radius 3 is 3.08 bits per heavy atom. The first-order valence-electron chi connectivity index (χ1n) is 4.61. The average molecular weight is 189 g/mol. The number of hydrogen-bond donors (Lipinski definition) is 0. The summed E-state index contributed by atoms with van der Waals surface area (Å²) < 4.78 is 25.8. The van der Waals surface area contributed by atoms with Crippen LogP contribution in [0.4, 0.5) is 0 Å². The number of carbonyl (C=O) groups is 1. The largest absolute Gasteiger partial charge is 0.465 e. The molecule has 3 nitrogen and oxygen atoms in total. The molecule has 0 radical (unpaired) electrons. The first-order valence-corrected chi connectivity index (χ1v) is 3.49. The molecule has 0 aliphatic carbocycles. The predicted octanol–water partition coefficient (Wildman–Crippen LogP) is 1.83. The summed E-state index contributed by atoms with van der Waals surface area (Å²) in [5.41, 5.74) is -0.154. The van der Waals surface area contributed by atoms with Gasteiger partial charge in [0.1, 0.15) is 5.15 Å². The summed E-state index contributed by atoms with van der Waals surface area (Å²) in [6, 6.07) is 2.40. The van der Waals surface area contributed by atoms with E-state index in [1.165, 1.54) is 13.2 Å².